The van der Waals surface area contributed by atoms with Gasteiger partial charge in [-0.3, -0.25) is 4.98 Å². The first kappa shape index (κ1) is 13.3. The molecule has 5 heteroatoms. The summed E-state index contributed by atoms with van der Waals surface area (Å²) in [5, 5.41) is 3.89. The lowest BCUT2D eigenvalue weighted by atomic mass is 10.1. The summed E-state index contributed by atoms with van der Waals surface area (Å²) in [4.78, 5) is 4.36. The maximum absolute atomic E-state index is 13.7. The highest BCUT2D eigenvalue weighted by Gasteiger charge is 2.21. The van der Waals surface area contributed by atoms with Gasteiger partial charge in [0.05, 0.1) is 5.69 Å². The van der Waals surface area contributed by atoms with E-state index in [2.05, 4.69) is 26.2 Å². The molecule has 0 saturated heterocycles. The lowest BCUT2D eigenvalue weighted by molar-refractivity contribution is 0.471. The number of fused-ring (bicyclic) bond motifs is 1. The van der Waals surface area contributed by atoms with Crippen LogP contribution < -0.4 is 5.32 Å². The number of hydrogen-bond acceptors (Lipinski definition) is 3. The molecule has 1 N–H and O–H groups in total. The zero-order valence-corrected chi connectivity index (χ0v) is 12.3. The predicted molar refractivity (Wildman–Crippen MR) is 79.0 cm³/mol. The number of halogens is 2. The van der Waals surface area contributed by atoms with Gasteiger partial charge in [0.15, 0.2) is 11.4 Å². The zero-order valence-electron chi connectivity index (χ0n) is 10.7. The lowest BCUT2D eigenvalue weighted by Crippen LogP contribution is -2.18. The highest BCUT2D eigenvalue weighted by molar-refractivity contribution is 9.10. The Morgan fingerprint density at radius 1 is 1.30 bits per heavy atom. The second kappa shape index (κ2) is 5.34. The quantitative estimate of drug-likeness (QED) is 0.785. The van der Waals surface area contributed by atoms with Gasteiger partial charge >= 0.3 is 0 Å². The third-order valence-corrected chi connectivity index (χ3v) is 3.82. The van der Waals surface area contributed by atoms with Crippen LogP contribution in [0.1, 0.15) is 17.5 Å². The highest BCUT2D eigenvalue weighted by atomic mass is 79.9. The fraction of sp³-hybridized carbons (Fsp3) is 0.133. The third-order valence-electron chi connectivity index (χ3n) is 3.15. The molecule has 20 heavy (non-hydrogen) atoms. The number of para-hydroxylation sites is 1. The smallest absolute Gasteiger partial charge is 0.169 e. The van der Waals surface area contributed by atoms with Crippen LogP contribution in [0.2, 0.25) is 0 Å². The van der Waals surface area contributed by atoms with E-state index in [1.54, 1.807) is 12.3 Å². The highest BCUT2D eigenvalue weighted by Crippen LogP contribution is 2.31. The van der Waals surface area contributed by atoms with Crippen molar-refractivity contribution in [3.05, 3.63) is 64.3 Å². The molecule has 2 heterocycles. The molecule has 0 amide bonds. The molecule has 3 rings (SSSR count). The monoisotopic (exact) mass is 334 g/mol. The van der Waals surface area contributed by atoms with Crippen LogP contribution in [0.3, 0.4) is 0 Å². The van der Waals surface area contributed by atoms with Crippen molar-refractivity contribution in [2.24, 2.45) is 0 Å². The molecule has 0 radical (unpaired) electrons. The molecule has 1 atom stereocenters. The average Bonchev–Trinajstić information content (AvgIpc) is 2.87. The minimum Gasteiger partial charge on any atom is -0.456 e. The van der Waals surface area contributed by atoms with Crippen molar-refractivity contribution in [3.8, 4) is 0 Å². The van der Waals surface area contributed by atoms with Gasteiger partial charge in [-0.1, -0.05) is 12.1 Å². The van der Waals surface area contributed by atoms with E-state index in [9.17, 15) is 4.39 Å². The Morgan fingerprint density at radius 2 is 2.15 bits per heavy atom. The first-order valence-electron chi connectivity index (χ1n) is 6.16. The standard InChI is InChI=1S/C15H12BrFN2O/c1-18-14(13-10(16)5-3-7-19-13)12-8-9-4-2-6-11(17)15(9)20-12/h2-8,14,18H,1H3. The van der Waals surface area contributed by atoms with Crippen LogP contribution in [-0.2, 0) is 0 Å². The van der Waals surface area contributed by atoms with Gasteiger partial charge in [0.1, 0.15) is 11.8 Å². The number of nitrogens with one attached hydrogen (secondary N) is 1. The molecular weight excluding hydrogens is 323 g/mol. The maximum Gasteiger partial charge on any atom is 0.169 e. The molecule has 0 saturated carbocycles. The first-order valence-corrected chi connectivity index (χ1v) is 6.95. The summed E-state index contributed by atoms with van der Waals surface area (Å²) in [6, 6.07) is 10.2. The van der Waals surface area contributed by atoms with E-state index in [-0.39, 0.29) is 17.4 Å². The number of furan rings is 1. The van der Waals surface area contributed by atoms with Crippen molar-refractivity contribution < 1.29 is 8.81 Å². The summed E-state index contributed by atoms with van der Waals surface area (Å²) in [5.74, 6) is 0.274. The van der Waals surface area contributed by atoms with Gasteiger partial charge in [-0.2, -0.15) is 0 Å². The SMILES string of the molecule is CNC(c1cc2cccc(F)c2o1)c1ncccc1Br. The van der Waals surface area contributed by atoms with E-state index < -0.39 is 0 Å². The second-order valence-electron chi connectivity index (χ2n) is 4.40. The van der Waals surface area contributed by atoms with Gasteiger partial charge in [-0.05, 0) is 47.2 Å². The summed E-state index contributed by atoms with van der Waals surface area (Å²) in [7, 11) is 1.81. The minimum atomic E-state index is -0.358. The number of benzene rings is 1. The van der Waals surface area contributed by atoms with Gasteiger partial charge in [0, 0.05) is 16.1 Å². The average molecular weight is 335 g/mol. The van der Waals surface area contributed by atoms with E-state index in [4.69, 9.17) is 4.42 Å². The van der Waals surface area contributed by atoms with Crippen LogP contribution in [0.25, 0.3) is 11.0 Å². The number of hydrogen-bond donors (Lipinski definition) is 1. The molecular formula is C15H12BrFN2O. The summed E-state index contributed by atoms with van der Waals surface area (Å²) in [5.41, 5.74) is 1.07. The van der Waals surface area contributed by atoms with E-state index in [1.165, 1.54) is 6.07 Å². The summed E-state index contributed by atoms with van der Waals surface area (Å²) in [6.45, 7) is 0. The molecule has 3 nitrogen and oxygen atoms in total. The molecule has 3 aromatic rings. The topological polar surface area (TPSA) is 38.1 Å². The van der Waals surface area contributed by atoms with E-state index in [1.807, 2.05) is 31.3 Å². The fourth-order valence-corrected chi connectivity index (χ4v) is 2.70. The molecule has 0 bridgehead atoms. The number of rotatable bonds is 3. The van der Waals surface area contributed by atoms with Crippen molar-refractivity contribution >= 4 is 26.9 Å². The van der Waals surface area contributed by atoms with Crippen LogP contribution in [0.5, 0.6) is 0 Å². The van der Waals surface area contributed by atoms with E-state index in [0.717, 1.165) is 15.6 Å². The Balaban J connectivity index is 2.12. The fourth-order valence-electron chi connectivity index (χ4n) is 2.21. The molecule has 0 spiro atoms. The lowest BCUT2D eigenvalue weighted by Gasteiger charge is -2.14. The normalized spacial score (nSPS) is 12.8. The molecule has 102 valence electrons. The van der Waals surface area contributed by atoms with Crippen LogP contribution in [-0.4, -0.2) is 12.0 Å². The van der Waals surface area contributed by atoms with Crippen LogP contribution >= 0.6 is 15.9 Å². The number of nitrogens with zero attached hydrogens (tertiary/aromatic N) is 1. The minimum absolute atomic E-state index is 0.239. The van der Waals surface area contributed by atoms with Gasteiger partial charge in [0.2, 0.25) is 0 Å². The summed E-state index contributed by atoms with van der Waals surface area (Å²) < 4.78 is 20.2. The van der Waals surface area contributed by atoms with Crippen molar-refractivity contribution in [2.75, 3.05) is 7.05 Å². The molecule has 0 aliphatic carbocycles. The zero-order chi connectivity index (χ0) is 14.1. The third kappa shape index (κ3) is 2.23. The van der Waals surface area contributed by atoms with Gasteiger partial charge in [0.25, 0.3) is 0 Å². The van der Waals surface area contributed by atoms with Gasteiger partial charge in [-0.15, -0.1) is 0 Å². The van der Waals surface area contributed by atoms with Crippen LogP contribution in [0.4, 0.5) is 4.39 Å². The largest absolute Gasteiger partial charge is 0.456 e. The van der Waals surface area contributed by atoms with Crippen LogP contribution in [0, 0.1) is 5.82 Å². The summed E-state index contributed by atoms with van der Waals surface area (Å²) >= 11 is 3.48. The first-order chi connectivity index (χ1) is 9.70. The predicted octanol–water partition coefficient (Wildman–Crippen LogP) is 4.04. The Kier molecular flexibility index (Phi) is 3.54. The van der Waals surface area contributed by atoms with Gasteiger partial charge < -0.3 is 9.73 Å². The molecule has 0 fully saturated rings. The Bertz CT molecular complexity index is 756. The second-order valence-corrected chi connectivity index (χ2v) is 5.25. The Morgan fingerprint density at radius 3 is 2.85 bits per heavy atom. The Hall–Kier alpha value is -1.72. The molecule has 1 aromatic carbocycles. The van der Waals surface area contributed by atoms with E-state index >= 15 is 0 Å². The van der Waals surface area contributed by atoms with Crippen molar-refractivity contribution in [1.29, 1.82) is 0 Å². The van der Waals surface area contributed by atoms with Crippen LogP contribution in [0.15, 0.2) is 51.5 Å². The van der Waals surface area contributed by atoms with Crippen molar-refractivity contribution in [1.82, 2.24) is 10.3 Å². The summed E-state index contributed by atoms with van der Waals surface area (Å²) in [6.07, 6.45) is 1.72. The maximum atomic E-state index is 13.7. The molecule has 2 aromatic heterocycles. The van der Waals surface area contributed by atoms with Crippen molar-refractivity contribution in [2.45, 2.75) is 6.04 Å². The van der Waals surface area contributed by atoms with Gasteiger partial charge in [-0.25, -0.2) is 4.39 Å². The number of aromatic nitrogens is 1. The Labute approximate surface area is 123 Å². The van der Waals surface area contributed by atoms with E-state index in [0.29, 0.717) is 5.76 Å². The molecule has 0 aliphatic heterocycles. The van der Waals surface area contributed by atoms with Crippen molar-refractivity contribution in [3.63, 3.8) is 0 Å². The molecule has 1 unspecified atom stereocenters. The number of pyridine rings is 1. The molecule has 0 aliphatic rings.